The zero-order valence-electron chi connectivity index (χ0n) is 16.1. The van der Waals surface area contributed by atoms with Gasteiger partial charge in [0.05, 0.1) is 17.3 Å². The molecule has 0 bridgehead atoms. The van der Waals surface area contributed by atoms with Crippen LogP contribution in [0, 0.1) is 18.6 Å². The van der Waals surface area contributed by atoms with E-state index in [0.29, 0.717) is 5.69 Å². The third-order valence-electron chi connectivity index (χ3n) is 4.91. The zero-order chi connectivity index (χ0) is 20.5. The van der Waals surface area contributed by atoms with Gasteiger partial charge in [-0.05, 0) is 55.0 Å². The smallest absolute Gasteiger partial charge is 0.135 e. The number of rotatable bonds is 5. The van der Waals surface area contributed by atoms with E-state index in [4.69, 9.17) is 0 Å². The lowest BCUT2D eigenvalue weighted by Crippen LogP contribution is -2.11. The Labute approximate surface area is 167 Å². The van der Waals surface area contributed by atoms with Crippen LogP contribution >= 0.6 is 0 Å². The number of hydrogen-bond donors (Lipinski definition) is 2. The van der Waals surface area contributed by atoms with Crippen LogP contribution in [-0.4, -0.2) is 17.2 Å². The average Bonchev–Trinajstić information content (AvgIpc) is 3.14. The van der Waals surface area contributed by atoms with Gasteiger partial charge in [0.15, 0.2) is 0 Å². The van der Waals surface area contributed by atoms with Gasteiger partial charge in [-0.25, -0.2) is 8.78 Å². The number of anilines is 3. The minimum absolute atomic E-state index is 0.160. The number of nitrogens with zero attached hydrogens (tertiary/aromatic N) is 2. The van der Waals surface area contributed by atoms with Crippen molar-refractivity contribution in [2.45, 2.75) is 6.92 Å². The van der Waals surface area contributed by atoms with Gasteiger partial charge in [-0.3, -0.25) is 5.10 Å². The summed E-state index contributed by atoms with van der Waals surface area (Å²) < 4.78 is 28.0. The molecule has 4 rings (SSSR count). The molecule has 3 aromatic carbocycles. The molecule has 0 radical (unpaired) electrons. The highest BCUT2D eigenvalue weighted by molar-refractivity contribution is 5.86. The maximum absolute atomic E-state index is 14.0. The van der Waals surface area contributed by atoms with E-state index in [0.717, 1.165) is 27.8 Å². The van der Waals surface area contributed by atoms with Crippen molar-refractivity contribution in [1.29, 1.82) is 0 Å². The Morgan fingerprint density at radius 3 is 2.55 bits per heavy atom. The van der Waals surface area contributed by atoms with Gasteiger partial charge in [-0.2, -0.15) is 5.10 Å². The molecule has 146 valence electrons. The lowest BCUT2D eigenvalue weighted by atomic mass is 10.1. The zero-order valence-corrected chi connectivity index (χ0v) is 16.1. The van der Waals surface area contributed by atoms with E-state index in [1.54, 1.807) is 6.20 Å². The molecule has 1 aromatic heterocycles. The first-order valence-corrected chi connectivity index (χ1v) is 9.12. The topological polar surface area (TPSA) is 44.0 Å². The predicted octanol–water partition coefficient (Wildman–Crippen LogP) is 6.00. The molecule has 2 N–H and O–H groups in total. The van der Waals surface area contributed by atoms with E-state index in [9.17, 15) is 8.78 Å². The third-order valence-corrected chi connectivity index (χ3v) is 4.91. The van der Waals surface area contributed by atoms with Gasteiger partial charge < -0.3 is 10.2 Å². The quantitative estimate of drug-likeness (QED) is 0.439. The van der Waals surface area contributed by atoms with Crippen molar-refractivity contribution in [3.63, 3.8) is 0 Å². The maximum atomic E-state index is 14.0. The highest BCUT2D eigenvalue weighted by atomic mass is 19.1. The van der Waals surface area contributed by atoms with Crippen LogP contribution in [0.1, 0.15) is 11.1 Å². The molecule has 4 aromatic rings. The van der Waals surface area contributed by atoms with E-state index >= 15 is 0 Å². The van der Waals surface area contributed by atoms with Crippen molar-refractivity contribution in [1.82, 2.24) is 10.2 Å². The Morgan fingerprint density at radius 1 is 1.07 bits per heavy atom. The summed E-state index contributed by atoms with van der Waals surface area (Å²) in [5.41, 5.74) is 4.73. The molecule has 6 heteroatoms. The number of aromatic nitrogens is 2. The molecule has 0 atom stereocenters. The minimum atomic E-state index is -0.653. The first-order chi connectivity index (χ1) is 13.9. The normalized spacial score (nSPS) is 10.9. The SMILES string of the molecule is C=C(Nc1cccc(N(C)c2cc3cn[nH]c3cc2C)c1)c1c(F)cccc1F. The largest absolute Gasteiger partial charge is 0.355 e. The van der Waals surface area contributed by atoms with Gasteiger partial charge in [0, 0.05) is 35.2 Å². The van der Waals surface area contributed by atoms with Gasteiger partial charge in [-0.15, -0.1) is 0 Å². The maximum Gasteiger partial charge on any atom is 0.135 e. The first kappa shape index (κ1) is 18.7. The fraction of sp³-hybridized carbons (Fsp3) is 0.0870. The van der Waals surface area contributed by atoms with Crippen molar-refractivity contribution >= 4 is 33.7 Å². The van der Waals surface area contributed by atoms with Gasteiger partial charge in [0.2, 0.25) is 0 Å². The monoisotopic (exact) mass is 390 g/mol. The summed E-state index contributed by atoms with van der Waals surface area (Å²) in [7, 11) is 1.97. The van der Waals surface area contributed by atoms with Crippen LogP contribution in [0.4, 0.5) is 25.8 Å². The molecule has 0 fully saturated rings. The second-order valence-electron chi connectivity index (χ2n) is 6.91. The van der Waals surface area contributed by atoms with Crippen LogP contribution in [0.5, 0.6) is 0 Å². The Balaban J connectivity index is 1.63. The summed E-state index contributed by atoms with van der Waals surface area (Å²) in [6.07, 6.45) is 1.79. The first-order valence-electron chi connectivity index (χ1n) is 9.12. The molecule has 0 unspecified atom stereocenters. The van der Waals surface area contributed by atoms with Crippen molar-refractivity contribution in [3.05, 3.63) is 90.1 Å². The summed E-state index contributed by atoms with van der Waals surface area (Å²) >= 11 is 0. The molecule has 4 nitrogen and oxygen atoms in total. The number of H-pyrrole nitrogens is 1. The molecular weight excluding hydrogens is 370 g/mol. The van der Waals surface area contributed by atoms with Gasteiger partial charge >= 0.3 is 0 Å². The third kappa shape index (κ3) is 3.57. The highest BCUT2D eigenvalue weighted by Crippen LogP contribution is 2.32. The highest BCUT2D eigenvalue weighted by Gasteiger charge is 2.13. The van der Waals surface area contributed by atoms with Crippen molar-refractivity contribution in [3.8, 4) is 0 Å². The van der Waals surface area contributed by atoms with Crippen LogP contribution in [-0.2, 0) is 0 Å². The lowest BCUT2D eigenvalue weighted by molar-refractivity contribution is 0.577. The number of halogens is 2. The fourth-order valence-corrected chi connectivity index (χ4v) is 3.40. The Bertz CT molecular complexity index is 1190. The van der Waals surface area contributed by atoms with Crippen LogP contribution in [0.25, 0.3) is 16.6 Å². The minimum Gasteiger partial charge on any atom is -0.355 e. The van der Waals surface area contributed by atoms with Crippen molar-refractivity contribution < 1.29 is 8.78 Å². The van der Waals surface area contributed by atoms with Gasteiger partial charge in [0.25, 0.3) is 0 Å². The molecule has 29 heavy (non-hydrogen) atoms. The summed E-state index contributed by atoms with van der Waals surface area (Å²) in [5.74, 6) is -1.31. The molecule has 0 aliphatic rings. The van der Waals surface area contributed by atoms with E-state index < -0.39 is 11.6 Å². The number of fused-ring (bicyclic) bond motifs is 1. The molecule has 0 amide bonds. The van der Waals surface area contributed by atoms with Crippen LogP contribution in [0.15, 0.2) is 67.4 Å². The van der Waals surface area contributed by atoms with Crippen LogP contribution in [0.2, 0.25) is 0 Å². The summed E-state index contributed by atoms with van der Waals surface area (Å²) in [6, 6.07) is 15.5. The standard InChI is InChI=1S/C23H20F2N4/c1-14-10-21-16(13-26-28-21)11-22(14)29(3)18-7-4-6-17(12-18)27-15(2)23-19(24)8-5-9-20(23)25/h4-13,27H,2H2,1,3H3,(H,26,28). The molecular formula is C23H20F2N4. The molecule has 0 aliphatic heterocycles. The summed E-state index contributed by atoms with van der Waals surface area (Å²) in [5, 5.41) is 11.1. The molecule has 0 aliphatic carbocycles. The lowest BCUT2D eigenvalue weighted by Gasteiger charge is -2.23. The van der Waals surface area contributed by atoms with E-state index in [1.165, 1.54) is 18.2 Å². The second-order valence-corrected chi connectivity index (χ2v) is 6.91. The Morgan fingerprint density at radius 2 is 1.79 bits per heavy atom. The van der Waals surface area contributed by atoms with Crippen molar-refractivity contribution in [2.75, 3.05) is 17.3 Å². The van der Waals surface area contributed by atoms with E-state index in [1.807, 2.05) is 38.2 Å². The van der Waals surface area contributed by atoms with E-state index in [-0.39, 0.29) is 11.3 Å². The Hall–Kier alpha value is -3.67. The molecule has 1 heterocycles. The molecule has 0 spiro atoms. The average molecular weight is 390 g/mol. The summed E-state index contributed by atoms with van der Waals surface area (Å²) in [6.45, 7) is 5.84. The predicted molar refractivity (Wildman–Crippen MR) is 114 cm³/mol. The number of aromatic amines is 1. The fourth-order valence-electron chi connectivity index (χ4n) is 3.40. The van der Waals surface area contributed by atoms with Crippen LogP contribution in [0.3, 0.4) is 0 Å². The number of benzene rings is 3. The van der Waals surface area contributed by atoms with Crippen LogP contribution < -0.4 is 10.2 Å². The number of hydrogen-bond acceptors (Lipinski definition) is 3. The Kier molecular flexibility index (Phi) is 4.76. The van der Waals surface area contributed by atoms with E-state index in [2.05, 4.69) is 39.1 Å². The van der Waals surface area contributed by atoms with Gasteiger partial charge in [0.1, 0.15) is 11.6 Å². The molecule has 0 saturated heterocycles. The van der Waals surface area contributed by atoms with Gasteiger partial charge in [-0.1, -0.05) is 18.7 Å². The number of aryl methyl sites for hydroxylation is 1. The summed E-state index contributed by atoms with van der Waals surface area (Å²) in [4.78, 5) is 2.05. The number of nitrogens with one attached hydrogen (secondary N) is 2. The molecule has 0 saturated carbocycles. The second kappa shape index (κ2) is 7.39. The van der Waals surface area contributed by atoms with Crippen molar-refractivity contribution in [2.24, 2.45) is 0 Å².